The van der Waals surface area contributed by atoms with Crippen LogP contribution in [0.15, 0.2) is 48.8 Å². The zero-order chi connectivity index (χ0) is 18.6. The smallest absolute Gasteiger partial charge is 0.259 e. The lowest BCUT2D eigenvalue weighted by Gasteiger charge is -2.32. The molecule has 0 spiro atoms. The van der Waals surface area contributed by atoms with Gasteiger partial charge < -0.3 is 14.4 Å². The molecule has 1 amide bonds. The summed E-state index contributed by atoms with van der Waals surface area (Å²) in [5.41, 5.74) is 2.14. The molecule has 1 fully saturated rings. The fourth-order valence-electron chi connectivity index (χ4n) is 3.23. The van der Waals surface area contributed by atoms with Gasteiger partial charge in [-0.3, -0.25) is 4.79 Å². The summed E-state index contributed by atoms with van der Waals surface area (Å²) in [6, 6.07) is 11.2. The SMILES string of the molecule is COc1ncccc1C(=O)N1CCC(Oc2cnc3ccccc3n2)CC1. The number of aromatic nitrogens is 3. The minimum Gasteiger partial charge on any atom is -0.480 e. The van der Waals surface area contributed by atoms with E-state index in [1.807, 2.05) is 29.2 Å². The number of piperidine rings is 1. The Morgan fingerprint density at radius 2 is 1.85 bits per heavy atom. The van der Waals surface area contributed by atoms with Gasteiger partial charge in [0, 0.05) is 32.1 Å². The normalized spacial score (nSPS) is 14.9. The van der Waals surface area contributed by atoms with Crippen molar-refractivity contribution in [2.45, 2.75) is 18.9 Å². The average Bonchev–Trinajstić information content (AvgIpc) is 2.73. The lowest BCUT2D eigenvalue weighted by atomic mass is 10.1. The fraction of sp³-hybridized carbons (Fsp3) is 0.300. The van der Waals surface area contributed by atoms with Gasteiger partial charge in [0.2, 0.25) is 11.8 Å². The van der Waals surface area contributed by atoms with Gasteiger partial charge in [-0.2, -0.15) is 0 Å². The van der Waals surface area contributed by atoms with Crippen molar-refractivity contribution in [1.29, 1.82) is 0 Å². The molecule has 0 bridgehead atoms. The molecule has 138 valence electrons. The van der Waals surface area contributed by atoms with E-state index in [0.29, 0.717) is 30.4 Å². The number of hydrogen-bond donors (Lipinski definition) is 0. The monoisotopic (exact) mass is 364 g/mol. The molecule has 2 aromatic heterocycles. The van der Waals surface area contributed by atoms with Gasteiger partial charge in [0.1, 0.15) is 11.7 Å². The molecule has 1 saturated heterocycles. The predicted molar refractivity (Wildman–Crippen MR) is 99.9 cm³/mol. The third-order valence-electron chi connectivity index (χ3n) is 4.64. The van der Waals surface area contributed by atoms with Crippen LogP contribution in [0.2, 0.25) is 0 Å². The van der Waals surface area contributed by atoms with Crippen LogP contribution in [-0.4, -0.2) is 52.1 Å². The van der Waals surface area contributed by atoms with E-state index in [4.69, 9.17) is 9.47 Å². The fourth-order valence-corrected chi connectivity index (χ4v) is 3.23. The van der Waals surface area contributed by atoms with Crippen molar-refractivity contribution in [3.05, 3.63) is 54.4 Å². The molecule has 1 aliphatic rings. The maximum Gasteiger partial charge on any atom is 0.259 e. The van der Waals surface area contributed by atoms with Crippen LogP contribution in [0.5, 0.6) is 11.8 Å². The van der Waals surface area contributed by atoms with Crippen molar-refractivity contribution in [2.24, 2.45) is 0 Å². The highest BCUT2D eigenvalue weighted by atomic mass is 16.5. The number of methoxy groups -OCH3 is 1. The highest BCUT2D eigenvalue weighted by Crippen LogP contribution is 2.22. The van der Waals surface area contributed by atoms with E-state index in [1.54, 1.807) is 24.5 Å². The number of amides is 1. The topological polar surface area (TPSA) is 77.4 Å². The maximum absolute atomic E-state index is 12.7. The summed E-state index contributed by atoms with van der Waals surface area (Å²) in [5, 5.41) is 0. The molecule has 7 heteroatoms. The Balaban J connectivity index is 1.39. The summed E-state index contributed by atoms with van der Waals surface area (Å²) >= 11 is 0. The van der Waals surface area contributed by atoms with E-state index >= 15 is 0 Å². The second kappa shape index (κ2) is 7.57. The van der Waals surface area contributed by atoms with E-state index in [9.17, 15) is 4.79 Å². The molecule has 0 atom stereocenters. The van der Waals surface area contributed by atoms with Crippen molar-refractivity contribution in [1.82, 2.24) is 19.9 Å². The van der Waals surface area contributed by atoms with Crippen LogP contribution in [0.3, 0.4) is 0 Å². The van der Waals surface area contributed by atoms with Crippen molar-refractivity contribution in [3.63, 3.8) is 0 Å². The Morgan fingerprint density at radius 1 is 1.07 bits per heavy atom. The zero-order valence-corrected chi connectivity index (χ0v) is 15.0. The Kier molecular flexibility index (Phi) is 4.82. The average molecular weight is 364 g/mol. The first kappa shape index (κ1) is 17.2. The number of likely N-dealkylation sites (tertiary alicyclic amines) is 1. The van der Waals surface area contributed by atoms with Crippen molar-refractivity contribution >= 4 is 16.9 Å². The summed E-state index contributed by atoms with van der Waals surface area (Å²) in [6.07, 6.45) is 4.76. The minimum atomic E-state index is -0.0658. The van der Waals surface area contributed by atoms with Crippen LogP contribution in [0, 0.1) is 0 Å². The molecule has 4 rings (SSSR count). The largest absolute Gasteiger partial charge is 0.480 e. The Morgan fingerprint density at radius 3 is 2.63 bits per heavy atom. The van der Waals surface area contributed by atoms with Crippen molar-refractivity contribution in [3.8, 4) is 11.8 Å². The first-order chi connectivity index (χ1) is 13.2. The molecule has 27 heavy (non-hydrogen) atoms. The Labute approximate surface area is 157 Å². The Bertz CT molecular complexity index is 955. The number of fused-ring (bicyclic) bond motifs is 1. The molecule has 3 aromatic rings. The van der Waals surface area contributed by atoms with E-state index in [-0.39, 0.29) is 12.0 Å². The third-order valence-corrected chi connectivity index (χ3v) is 4.64. The molecule has 0 N–H and O–H groups in total. The van der Waals surface area contributed by atoms with Crippen molar-refractivity contribution < 1.29 is 14.3 Å². The van der Waals surface area contributed by atoms with Crippen LogP contribution >= 0.6 is 0 Å². The number of para-hydroxylation sites is 2. The Hall–Kier alpha value is -3.22. The van der Waals surface area contributed by atoms with Crippen LogP contribution < -0.4 is 9.47 Å². The number of hydrogen-bond acceptors (Lipinski definition) is 6. The second-order valence-electron chi connectivity index (χ2n) is 6.37. The van der Waals surface area contributed by atoms with Gasteiger partial charge >= 0.3 is 0 Å². The summed E-state index contributed by atoms with van der Waals surface area (Å²) < 4.78 is 11.2. The van der Waals surface area contributed by atoms with Crippen LogP contribution in [0.4, 0.5) is 0 Å². The molecule has 0 radical (unpaired) electrons. The van der Waals surface area contributed by atoms with E-state index in [0.717, 1.165) is 23.9 Å². The quantitative estimate of drug-likeness (QED) is 0.708. The summed E-state index contributed by atoms with van der Waals surface area (Å²) in [7, 11) is 1.52. The number of ether oxygens (including phenoxy) is 2. The lowest BCUT2D eigenvalue weighted by Crippen LogP contribution is -2.42. The van der Waals surface area contributed by atoms with Crippen molar-refractivity contribution in [2.75, 3.05) is 20.2 Å². The van der Waals surface area contributed by atoms with Gasteiger partial charge in [-0.25, -0.2) is 15.0 Å². The predicted octanol–water partition coefficient (Wildman–Crippen LogP) is 2.72. The van der Waals surface area contributed by atoms with Gasteiger partial charge in [-0.15, -0.1) is 0 Å². The first-order valence-corrected chi connectivity index (χ1v) is 8.91. The second-order valence-corrected chi connectivity index (χ2v) is 6.37. The maximum atomic E-state index is 12.7. The van der Waals surface area contributed by atoms with E-state index < -0.39 is 0 Å². The van der Waals surface area contributed by atoms with Gasteiger partial charge in [0.05, 0.1) is 24.3 Å². The van der Waals surface area contributed by atoms with Crippen LogP contribution in [0.25, 0.3) is 11.0 Å². The van der Waals surface area contributed by atoms with Gasteiger partial charge in [0.15, 0.2) is 0 Å². The van der Waals surface area contributed by atoms with Crippen LogP contribution in [0.1, 0.15) is 23.2 Å². The van der Waals surface area contributed by atoms with Gasteiger partial charge in [-0.05, 0) is 24.3 Å². The first-order valence-electron chi connectivity index (χ1n) is 8.91. The van der Waals surface area contributed by atoms with Gasteiger partial charge in [-0.1, -0.05) is 12.1 Å². The number of benzene rings is 1. The number of pyridine rings is 1. The summed E-state index contributed by atoms with van der Waals surface area (Å²) in [6.45, 7) is 1.23. The highest BCUT2D eigenvalue weighted by molar-refractivity contribution is 5.96. The molecule has 7 nitrogen and oxygen atoms in total. The number of carbonyl (C=O) groups excluding carboxylic acids is 1. The summed E-state index contributed by atoms with van der Waals surface area (Å²) in [4.78, 5) is 27.5. The minimum absolute atomic E-state index is 0.0142. The molecule has 0 saturated carbocycles. The molecule has 0 unspecified atom stereocenters. The zero-order valence-electron chi connectivity index (χ0n) is 15.0. The molecular weight excluding hydrogens is 344 g/mol. The molecule has 0 aliphatic carbocycles. The summed E-state index contributed by atoms with van der Waals surface area (Å²) in [5.74, 6) is 0.809. The highest BCUT2D eigenvalue weighted by Gasteiger charge is 2.27. The molecule has 1 aliphatic heterocycles. The third kappa shape index (κ3) is 3.67. The lowest BCUT2D eigenvalue weighted by molar-refractivity contribution is 0.0584. The number of carbonyl (C=O) groups is 1. The number of rotatable bonds is 4. The van der Waals surface area contributed by atoms with E-state index in [1.165, 1.54) is 7.11 Å². The molecule has 1 aromatic carbocycles. The standard InChI is InChI=1S/C20H20N4O3/c1-26-19-15(5-4-10-21-19)20(25)24-11-8-14(9-12-24)27-18-13-22-16-6-2-3-7-17(16)23-18/h2-7,10,13-14H,8-9,11-12H2,1H3. The number of nitrogens with zero attached hydrogens (tertiary/aromatic N) is 4. The van der Waals surface area contributed by atoms with E-state index in [2.05, 4.69) is 15.0 Å². The van der Waals surface area contributed by atoms with Gasteiger partial charge in [0.25, 0.3) is 5.91 Å². The molecular formula is C20H20N4O3. The molecule has 3 heterocycles. The van der Waals surface area contributed by atoms with Crippen LogP contribution in [-0.2, 0) is 0 Å².